The Kier molecular flexibility index (Phi) is 6.66. The number of carbonyl (C=O) groups excluding carboxylic acids is 1. The summed E-state index contributed by atoms with van der Waals surface area (Å²) in [5.41, 5.74) is 3.98. The van der Waals surface area contributed by atoms with E-state index in [1.807, 2.05) is 54.7 Å². The third-order valence-electron chi connectivity index (χ3n) is 3.87. The van der Waals surface area contributed by atoms with Crippen molar-refractivity contribution in [1.82, 2.24) is 4.98 Å². The molecule has 3 aromatic rings. The number of ether oxygens (including phenoxy) is 1. The molecular formula is C20H24IN3O2. The predicted octanol–water partition coefficient (Wildman–Crippen LogP) is 1.13. The number of rotatable bonds is 5. The van der Waals surface area contributed by atoms with Crippen LogP contribution in [0.4, 0.5) is 10.5 Å². The second kappa shape index (κ2) is 8.55. The van der Waals surface area contributed by atoms with Crippen LogP contribution in [0.15, 0.2) is 54.7 Å². The molecule has 0 saturated heterocycles. The van der Waals surface area contributed by atoms with Gasteiger partial charge >= 0.3 is 6.09 Å². The number of carbonyl (C=O) groups is 1. The van der Waals surface area contributed by atoms with Crippen molar-refractivity contribution < 1.29 is 38.0 Å². The highest BCUT2D eigenvalue weighted by atomic mass is 127. The SMILES string of the molecule is C[N+](C)(C)Cc1c[nH]c2ccc(NC(=O)OCc3ccccc3)cc12.[I-]. The monoisotopic (exact) mass is 465 g/mol. The number of halogens is 1. The number of aromatic nitrogens is 1. The molecule has 0 atom stereocenters. The van der Waals surface area contributed by atoms with Crippen LogP contribution in [-0.4, -0.2) is 36.7 Å². The van der Waals surface area contributed by atoms with Gasteiger partial charge in [-0.3, -0.25) is 5.32 Å². The molecule has 5 nitrogen and oxygen atoms in total. The van der Waals surface area contributed by atoms with E-state index in [1.165, 1.54) is 5.56 Å². The van der Waals surface area contributed by atoms with Gasteiger partial charge in [-0.05, 0) is 23.8 Å². The lowest BCUT2D eigenvalue weighted by atomic mass is 10.1. The third kappa shape index (κ3) is 5.47. The van der Waals surface area contributed by atoms with E-state index in [0.717, 1.165) is 33.2 Å². The van der Waals surface area contributed by atoms with Crippen LogP contribution in [0.1, 0.15) is 11.1 Å². The summed E-state index contributed by atoms with van der Waals surface area (Å²) in [7, 11) is 6.46. The average molecular weight is 465 g/mol. The van der Waals surface area contributed by atoms with E-state index in [-0.39, 0.29) is 30.6 Å². The summed E-state index contributed by atoms with van der Waals surface area (Å²) in [6.07, 6.45) is 1.58. The number of hydrogen-bond donors (Lipinski definition) is 2. The lowest BCUT2D eigenvalue weighted by Crippen LogP contribution is -3.00. The molecule has 0 aliphatic heterocycles. The molecule has 2 aromatic carbocycles. The Bertz CT molecular complexity index is 870. The molecule has 0 saturated carbocycles. The second-order valence-electron chi connectivity index (χ2n) is 7.21. The maximum absolute atomic E-state index is 12.0. The summed E-state index contributed by atoms with van der Waals surface area (Å²) >= 11 is 0. The van der Waals surface area contributed by atoms with Gasteiger partial charge in [0.2, 0.25) is 0 Å². The van der Waals surface area contributed by atoms with Crippen LogP contribution >= 0.6 is 0 Å². The largest absolute Gasteiger partial charge is 1.00 e. The fourth-order valence-electron chi connectivity index (χ4n) is 2.78. The Morgan fingerprint density at radius 2 is 1.85 bits per heavy atom. The lowest BCUT2D eigenvalue weighted by molar-refractivity contribution is -0.883. The number of nitrogens with zero attached hydrogens (tertiary/aromatic N) is 1. The van der Waals surface area contributed by atoms with Crippen molar-refractivity contribution in [2.24, 2.45) is 0 Å². The smallest absolute Gasteiger partial charge is 0.411 e. The summed E-state index contributed by atoms with van der Waals surface area (Å²) in [6.45, 7) is 1.16. The van der Waals surface area contributed by atoms with E-state index in [4.69, 9.17) is 4.74 Å². The molecule has 2 N–H and O–H groups in total. The number of quaternary nitrogens is 1. The Balaban J connectivity index is 0.00000243. The number of hydrogen-bond acceptors (Lipinski definition) is 2. The maximum atomic E-state index is 12.0. The summed E-state index contributed by atoms with van der Waals surface area (Å²) in [5.74, 6) is 0. The fraction of sp³-hybridized carbons (Fsp3) is 0.250. The van der Waals surface area contributed by atoms with E-state index in [1.54, 1.807) is 0 Å². The third-order valence-corrected chi connectivity index (χ3v) is 3.87. The molecule has 6 heteroatoms. The van der Waals surface area contributed by atoms with Gasteiger partial charge in [0.15, 0.2) is 0 Å². The van der Waals surface area contributed by atoms with Gasteiger partial charge in [-0.25, -0.2) is 4.79 Å². The first-order valence-electron chi connectivity index (χ1n) is 8.29. The number of fused-ring (bicyclic) bond motifs is 1. The van der Waals surface area contributed by atoms with Gasteiger partial charge in [-0.2, -0.15) is 0 Å². The molecule has 0 aliphatic rings. The van der Waals surface area contributed by atoms with Gasteiger partial charge in [0, 0.05) is 28.4 Å². The van der Waals surface area contributed by atoms with Gasteiger partial charge in [-0.15, -0.1) is 0 Å². The zero-order chi connectivity index (χ0) is 17.9. The predicted molar refractivity (Wildman–Crippen MR) is 100 cm³/mol. The van der Waals surface area contributed by atoms with Crippen LogP contribution in [-0.2, 0) is 17.9 Å². The number of aromatic amines is 1. The van der Waals surface area contributed by atoms with Crippen molar-refractivity contribution in [1.29, 1.82) is 0 Å². The molecule has 1 amide bonds. The molecular weight excluding hydrogens is 441 g/mol. The van der Waals surface area contributed by atoms with Crippen LogP contribution in [0.2, 0.25) is 0 Å². The Hall–Kier alpha value is -2.06. The van der Waals surface area contributed by atoms with E-state index >= 15 is 0 Å². The molecule has 0 unspecified atom stereocenters. The van der Waals surface area contributed by atoms with Crippen LogP contribution in [0.3, 0.4) is 0 Å². The van der Waals surface area contributed by atoms with Gasteiger partial charge in [-0.1, -0.05) is 30.3 Å². The molecule has 0 fully saturated rings. The van der Waals surface area contributed by atoms with Gasteiger partial charge in [0.05, 0.1) is 21.1 Å². The highest BCUT2D eigenvalue weighted by Gasteiger charge is 2.14. The van der Waals surface area contributed by atoms with Crippen LogP contribution < -0.4 is 29.3 Å². The Morgan fingerprint density at radius 3 is 2.54 bits per heavy atom. The first kappa shape index (κ1) is 20.3. The number of anilines is 1. The molecule has 1 heterocycles. The van der Waals surface area contributed by atoms with Crippen LogP contribution in [0, 0.1) is 0 Å². The van der Waals surface area contributed by atoms with E-state index < -0.39 is 6.09 Å². The fourth-order valence-corrected chi connectivity index (χ4v) is 2.78. The molecule has 26 heavy (non-hydrogen) atoms. The van der Waals surface area contributed by atoms with Crippen molar-refractivity contribution >= 4 is 22.7 Å². The lowest BCUT2D eigenvalue weighted by Gasteiger charge is -2.23. The molecule has 138 valence electrons. The van der Waals surface area contributed by atoms with E-state index in [9.17, 15) is 4.79 Å². The van der Waals surface area contributed by atoms with Gasteiger partial charge < -0.3 is 38.2 Å². The maximum Gasteiger partial charge on any atom is 0.411 e. The minimum Gasteiger partial charge on any atom is -1.00 e. The molecule has 0 spiro atoms. The number of amides is 1. The van der Waals surface area contributed by atoms with E-state index in [2.05, 4.69) is 31.4 Å². The first-order valence-corrected chi connectivity index (χ1v) is 8.29. The van der Waals surface area contributed by atoms with Crippen molar-refractivity contribution in [3.63, 3.8) is 0 Å². The summed E-state index contributed by atoms with van der Waals surface area (Å²) in [5, 5.41) is 3.92. The zero-order valence-corrected chi connectivity index (χ0v) is 17.4. The second-order valence-corrected chi connectivity index (χ2v) is 7.21. The van der Waals surface area contributed by atoms with E-state index in [0.29, 0.717) is 0 Å². The quantitative estimate of drug-likeness (QED) is 0.439. The minimum absolute atomic E-state index is 0. The van der Waals surface area contributed by atoms with Crippen molar-refractivity contribution in [2.45, 2.75) is 13.2 Å². The number of H-pyrrole nitrogens is 1. The normalized spacial score (nSPS) is 11.0. The van der Waals surface area contributed by atoms with Crippen LogP contribution in [0.25, 0.3) is 10.9 Å². The van der Waals surface area contributed by atoms with Crippen molar-refractivity contribution in [2.75, 3.05) is 26.5 Å². The highest BCUT2D eigenvalue weighted by molar-refractivity contribution is 5.91. The summed E-state index contributed by atoms with van der Waals surface area (Å²) in [6, 6.07) is 15.5. The Labute approximate surface area is 171 Å². The Morgan fingerprint density at radius 1 is 1.12 bits per heavy atom. The van der Waals surface area contributed by atoms with Crippen molar-refractivity contribution in [3.8, 4) is 0 Å². The van der Waals surface area contributed by atoms with Gasteiger partial charge in [0.1, 0.15) is 13.2 Å². The molecule has 3 rings (SSSR count). The van der Waals surface area contributed by atoms with Gasteiger partial charge in [0.25, 0.3) is 0 Å². The standard InChI is InChI=1S/C20H23N3O2.HI/c1-23(2,3)13-16-12-21-19-10-9-17(11-18(16)19)22-20(24)25-14-15-7-5-4-6-8-15;/h4-12,21H,13-14H2,1-3H3;1H. The number of benzene rings is 2. The first-order chi connectivity index (χ1) is 11.9. The molecule has 0 bridgehead atoms. The minimum atomic E-state index is -0.452. The average Bonchev–Trinajstić information content (AvgIpc) is 2.94. The molecule has 0 aliphatic carbocycles. The topological polar surface area (TPSA) is 54.1 Å². The summed E-state index contributed by atoms with van der Waals surface area (Å²) in [4.78, 5) is 15.3. The number of nitrogens with one attached hydrogen (secondary N) is 2. The molecule has 1 aromatic heterocycles. The molecule has 0 radical (unpaired) electrons. The zero-order valence-electron chi connectivity index (χ0n) is 15.3. The van der Waals surface area contributed by atoms with Crippen LogP contribution in [0.5, 0.6) is 0 Å². The summed E-state index contributed by atoms with van der Waals surface area (Å²) < 4.78 is 6.11. The van der Waals surface area contributed by atoms with Crippen molar-refractivity contribution in [3.05, 3.63) is 65.9 Å². The highest BCUT2D eigenvalue weighted by Crippen LogP contribution is 2.24.